The fourth-order valence-corrected chi connectivity index (χ4v) is 1.73. The molecule has 2 amide bonds. The molecule has 0 atom stereocenters. The van der Waals surface area contributed by atoms with Gasteiger partial charge in [-0.2, -0.15) is 0 Å². The summed E-state index contributed by atoms with van der Waals surface area (Å²) in [5.41, 5.74) is 1.17. The molecule has 0 bridgehead atoms. The Kier molecular flexibility index (Phi) is 4.74. The first kappa shape index (κ1) is 14.1. The van der Waals surface area contributed by atoms with Gasteiger partial charge in [-0.15, -0.1) is 0 Å². The van der Waals surface area contributed by atoms with Crippen molar-refractivity contribution in [3.63, 3.8) is 0 Å². The molecule has 0 spiro atoms. The molecular formula is C15H12ClFN2O. The van der Waals surface area contributed by atoms with E-state index in [1.54, 1.807) is 42.5 Å². The van der Waals surface area contributed by atoms with Crippen LogP contribution in [0.2, 0.25) is 5.02 Å². The summed E-state index contributed by atoms with van der Waals surface area (Å²) in [6.45, 7) is 0. The molecule has 102 valence electrons. The number of hydrogen-bond donors (Lipinski definition) is 2. The quantitative estimate of drug-likeness (QED) is 0.871. The highest BCUT2D eigenvalue weighted by Crippen LogP contribution is 2.19. The lowest BCUT2D eigenvalue weighted by Gasteiger charge is -2.05. The third kappa shape index (κ3) is 4.10. The second-order valence-corrected chi connectivity index (χ2v) is 4.37. The largest absolute Gasteiger partial charge is 0.323 e. The maximum absolute atomic E-state index is 12.9. The third-order valence-corrected chi connectivity index (χ3v) is 2.79. The van der Waals surface area contributed by atoms with Crippen LogP contribution in [0.5, 0.6) is 0 Å². The molecule has 0 aliphatic carbocycles. The number of halogens is 2. The van der Waals surface area contributed by atoms with E-state index in [4.69, 9.17) is 11.6 Å². The van der Waals surface area contributed by atoms with Crippen LogP contribution in [0.4, 0.5) is 14.9 Å². The van der Waals surface area contributed by atoms with Crippen molar-refractivity contribution < 1.29 is 9.18 Å². The number of anilines is 1. The van der Waals surface area contributed by atoms with Crippen LogP contribution in [0.3, 0.4) is 0 Å². The van der Waals surface area contributed by atoms with Gasteiger partial charge in [0.25, 0.3) is 0 Å². The van der Waals surface area contributed by atoms with Gasteiger partial charge in [0.2, 0.25) is 0 Å². The van der Waals surface area contributed by atoms with E-state index < -0.39 is 6.03 Å². The van der Waals surface area contributed by atoms with E-state index in [0.717, 1.165) is 0 Å². The van der Waals surface area contributed by atoms with E-state index in [-0.39, 0.29) is 5.82 Å². The summed E-state index contributed by atoms with van der Waals surface area (Å²) in [6.07, 6.45) is 3.02. The normalized spacial score (nSPS) is 10.5. The number of carbonyl (C=O) groups is 1. The first-order chi connectivity index (χ1) is 9.65. The Morgan fingerprint density at radius 2 is 1.95 bits per heavy atom. The molecule has 2 aromatic rings. The minimum Gasteiger partial charge on any atom is -0.314 e. The number of para-hydroxylation sites is 1. The van der Waals surface area contributed by atoms with Crippen LogP contribution in [0.1, 0.15) is 5.56 Å². The van der Waals surface area contributed by atoms with Crippen molar-refractivity contribution in [2.45, 2.75) is 0 Å². The average Bonchev–Trinajstić information content (AvgIpc) is 2.41. The van der Waals surface area contributed by atoms with Crippen LogP contribution in [0.25, 0.3) is 6.08 Å². The Bertz CT molecular complexity index is 643. The van der Waals surface area contributed by atoms with Crippen molar-refractivity contribution >= 4 is 29.4 Å². The van der Waals surface area contributed by atoms with E-state index in [1.807, 2.05) is 0 Å². The molecule has 5 heteroatoms. The van der Waals surface area contributed by atoms with Gasteiger partial charge in [-0.1, -0.05) is 35.9 Å². The first-order valence-electron chi connectivity index (χ1n) is 5.89. The molecule has 2 aromatic carbocycles. The number of rotatable bonds is 3. The summed E-state index contributed by atoms with van der Waals surface area (Å²) < 4.78 is 12.9. The van der Waals surface area contributed by atoms with Gasteiger partial charge in [0, 0.05) is 6.20 Å². The predicted octanol–water partition coefficient (Wildman–Crippen LogP) is 4.27. The van der Waals surface area contributed by atoms with Crippen molar-refractivity contribution in [1.82, 2.24) is 5.32 Å². The molecule has 0 aliphatic heterocycles. The topological polar surface area (TPSA) is 41.1 Å². The SMILES string of the molecule is O=C(N/C=C/c1cccc(F)c1)Nc1ccccc1Cl. The Labute approximate surface area is 121 Å². The van der Waals surface area contributed by atoms with Gasteiger partial charge in [-0.3, -0.25) is 0 Å². The molecule has 0 saturated heterocycles. The molecule has 2 N–H and O–H groups in total. The molecule has 0 fully saturated rings. The molecular weight excluding hydrogens is 279 g/mol. The van der Waals surface area contributed by atoms with Gasteiger partial charge in [0.15, 0.2) is 0 Å². The first-order valence-corrected chi connectivity index (χ1v) is 6.27. The van der Waals surface area contributed by atoms with Gasteiger partial charge in [0.05, 0.1) is 10.7 Å². The minimum absolute atomic E-state index is 0.326. The third-order valence-electron chi connectivity index (χ3n) is 2.46. The van der Waals surface area contributed by atoms with E-state index in [2.05, 4.69) is 10.6 Å². The number of hydrogen-bond acceptors (Lipinski definition) is 1. The number of urea groups is 1. The minimum atomic E-state index is -0.425. The molecule has 3 nitrogen and oxygen atoms in total. The fraction of sp³-hybridized carbons (Fsp3) is 0. The second-order valence-electron chi connectivity index (χ2n) is 3.97. The van der Waals surface area contributed by atoms with Crippen LogP contribution in [0.15, 0.2) is 54.7 Å². The van der Waals surface area contributed by atoms with E-state index in [1.165, 1.54) is 18.3 Å². The fourth-order valence-electron chi connectivity index (χ4n) is 1.54. The molecule has 0 saturated carbocycles. The molecule has 0 radical (unpaired) electrons. The second kappa shape index (κ2) is 6.73. The number of carbonyl (C=O) groups excluding carboxylic acids is 1. The Hall–Kier alpha value is -2.33. The van der Waals surface area contributed by atoms with E-state index >= 15 is 0 Å². The summed E-state index contributed by atoms with van der Waals surface area (Å²) in [5.74, 6) is -0.326. The van der Waals surface area contributed by atoms with Crippen molar-refractivity contribution in [3.05, 3.63) is 71.1 Å². The Morgan fingerprint density at radius 1 is 1.15 bits per heavy atom. The van der Waals surface area contributed by atoms with Crippen molar-refractivity contribution in [2.75, 3.05) is 5.32 Å². The van der Waals surface area contributed by atoms with Crippen LogP contribution in [-0.4, -0.2) is 6.03 Å². The van der Waals surface area contributed by atoms with E-state index in [9.17, 15) is 9.18 Å². The number of nitrogens with one attached hydrogen (secondary N) is 2. The van der Waals surface area contributed by atoms with Gasteiger partial charge in [-0.25, -0.2) is 9.18 Å². The highest BCUT2D eigenvalue weighted by molar-refractivity contribution is 6.33. The summed E-state index contributed by atoms with van der Waals surface area (Å²) in [4.78, 5) is 11.6. The van der Waals surface area contributed by atoms with Crippen molar-refractivity contribution in [3.8, 4) is 0 Å². The van der Waals surface area contributed by atoms with Gasteiger partial charge in [-0.05, 0) is 35.9 Å². The molecule has 0 aliphatic rings. The van der Waals surface area contributed by atoms with Gasteiger partial charge < -0.3 is 10.6 Å². The Morgan fingerprint density at radius 3 is 2.70 bits per heavy atom. The lowest BCUT2D eigenvalue weighted by Crippen LogP contribution is -2.23. The maximum Gasteiger partial charge on any atom is 0.323 e. The molecule has 0 heterocycles. The predicted molar refractivity (Wildman–Crippen MR) is 79.0 cm³/mol. The zero-order valence-corrected chi connectivity index (χ0v) is 11.2. The molecule has 2 rings (SSSR count). The van der Waals surface area contributed by atoms with E-state index in [0.29, 0.717) is 16.3 Å². The highest BCUT2D eigenvalue weighted by Gasteiger charge is 2.02. The van der Waals surface area contributed by atoms with Crippen LogP contribution in [-0.2, 0) is 0 Å². The summed E-state index contributed by atoms with van der Waals surface area (Å²) in [6, 6.07) is 12.5. The summed E-state index contributed by atoms with van der Waals surface area (Å²) in [5, 5.41) is 5.57. The van der Waals surface area contributed by atoms with Crippen molar-refractivity contribution in [2.24, 2.45) is 0 Å². The van der Waals surface area contributed by atoms with Crippen molar-refractivity contribution in [1.29, 1.82) is 0 Å². The monoisotopic (exact) mass is 290 g/mol. The van der Waals surface area contributed by atoms with Crippen LogP contribution in [0, 0.1) is 5.82 Å². The maximum atomic E-state index is 12.9. The summed E-state index contributed by atoms with van der Waals surface area (Å²) >= 11 is 5.91. The Balaban J connectivity index is 1.91. The lowest BCUT2D eigenvalue weighted by molar-refractivity contribution is 0.255. The number of benzene rings is 2. The van der Waals surface area contributed by atoms with Gasteiger partial charge >= 0.3 is 6.03 Å². The highest BCUT2D eigenvalue weighted by atomic mass is 35.5. The average molecular weight is 291 g/mol. The van der Waals surface area contributed by atoms with Gasteiger partial charge in [0.1, 0.15) is 5.82 Å². The summed E-state index contributed by atoms with van der Waals surface area (Å²) in [7, 11) is 0. The van der Waals surface area contributed by atoms with Crippen LogP contribution >= 0.6 is 11.6 Å². The van der Waals surface area contributed by atoms with Crippen LogP contribution < -0.4 is 10.6 Å². The molecule has 0 aromatic heterocycles. The molecule has 0 unspecified atom stereocenters. The smallest absolute Gasteiger partial charge is 0.314 e. The standard InChI is InChI=1S/C15H12ClFN2O/c16-13-6-1-2-7-14(13)19-15(20)18-9-8-11-4-3-5-12(17)10-11/h1-10H,(H2,18,19,20)/b9-8+. The lowest BCUT2D eigenvalue weighted by atomic mass is 10.2. The number of amides is 2. The zero-order chi connectivity index (χ0) is 14.4. The zero-order valence-electron chi connectivity index (χ0n) is 10.4. The molecule has 20 heavy (non-hydrogen) atoms.